The molecule has 1 amide bonds. The molecule has 0 unspecified atom stereocenters. The molecule has 0 aliphatic carbocycles. The van der Waals surface area contributed by atoms with Gasteiger partial charge in [-0.05, 0) is 42.8 Å². The van der Waals surface area contributed by atoms with E-state index in [2.05, 4.69) is 10.2 Å². The molecule has 0 radical (unpaired) electrons. The van der Waals surface area contributed by atoms with E-state index >= 15 is 0 Å². The van der Waals surface area contributed by atoms with Crippen molar-refractivity contribution in [3.05, 3.63) is 84.1 Å². The number of thioether (sulfide) groups is 1. The Kier molecular flexibility index (Phi) is 6.18. The number of hydrogen-bond acceptors (Lipinski definition) is 5. The molecule has 4 aromatic rings. The first-order chi connectivity index (χ1) is 15.0. The van der Waals surface area contributed by atoms with Crippen molar-refractivity contribution >= 4 is 17.7 Å². The number of aromatic nitrogens is 3. The van der Waals surface area contributed by atoms with Crippen LogP contribution in [0.4, 0.5) is 4.39 Å². The highest BCUT2D eigenvalue weighted by Crippen LogP contribution is 2.30. The largest absolute Gasteiger partial charge is 0.469 e. The van der Waals surface area contributed by atoms with Gasteiger partial charge in [0.25, 0.3) is 0 Å². The first kappa shape index (κ1) is 20.9. The van der Waals surface area contributed by atoms with Gasteiger partial charge in [0, 0.05) is 19.3 Å². The lowest BCUT2D eigenvalue weighted by molar-refractivity contribution is -0.127. The molecule has 0 aliphatic rings. The summed E-state index contributed by atoms with van der Waals surface area (Å²) in [6.07, 6.45) is 1.62. The fourth-order valence-corrected chi connectivity index (χ4v) is 4.05. The Morgan fingerprint density at radius 3 is 2.52 bits per heavy atom. The van der Waals surface area contributed by atoms with E-state index < -0.39 is 0 Å². The molecule has 2 aromatic heterocycles. The molecule has 0 spiro atoms. The number of hydrogen-bond donors (Lipinski definition) is 0. The third-order valence-electron chi connectivity index (χ3n) is 4.83. The molecule has 2 heterocycles. The number of para-hydroxylation sites is 1. The van der Waals surface area contributed by atoms with Crippen molar-refractivity contribution in [2.75, 3.05) is 12.8 Å². The number of amides is 1. The van der Waals surface area contributed by atoms with Gasteiger partial charge in [-0.2, -0.15) is 0 Å². The predicted molar refractivity (Wildman–Crippen MR) is 117 cm³/mol. The fourth-order valence-electron chi connectivity index (χ4n) is 3.15. The number of carbonyl (C=O) groups excluding carboxylic acids is 1. The predicted octanol–water partition coefficient (Wildman–Crippen LogP) is 4.73. The van der Waals surface area contributed by atoms with Crippen molar-refractivity contribution in [3.63, 3.8) is 0 Å². The summed E-state index contributed by atoms with van der Waals surface area (Å²) >= 11 is 1.32. The molecule has 6 nitrogen and oxygen atoms in total. The van der Waals surface area contributed by atoms with Gasteiger partial charge in [0.1, 0.15) is 11.6 Å². The zero-order valence-corrected chi connectivity index (χ0v) is 18.0. The van der Waals surface area contributed by atoms with Crippen molar-refractivity contribution < 1.29 is 13.6 Å². The van der Waals surface area contributed by atoms with E-state index in [0.29, 0.717) is 17.5 Å². The van der Waals surface area contributed by atoms with E-state index in [0.717, 1.165) is 22.6 Å². The van der Waals surface area contributed by atoms with Gasteiger partial charge >= 0.3 is 0 Å². The van der Waals surface area contributed by atoms with E-state index in [1.807, 2.05) is 47.9 Å². The molecule has 2 aromatic carbocycles. The van der Waals surface area contributed by atoms with Crippen LogP contribution in [0.3, 0.4) is 0 Å². The summed E-state index contributed by atoms with van der Waals surface area (Å²) in [7, 11) is 1.73. The summed E-state index contributed by atoms with van der Waals surface area (Å²) in [6, 6.07) is 17.8. The van der Waals surface area contributed by atoms with Gasteiger partial charge < -0.3 is 9.32 Å². The van der Waals surface area contributed by atoms with E-state index in [1.165, 1.54) is 23.9 Å². The maximum Gasteiger partial charge on any atom is 0.233 e. The quantitative estimate of drug-likeness (QED) is 0.392. The van der Waals surface area contributed by atoms with Crippen LogP contribution in [-0.4, -0.2) is 38.4 Å². The SMILES string of the molecule is Cc1occc1-c1nnc(SCC(=O)N(C)Cc2ccc(F)cc2)n1-c1ccccc1. The van der Waals surface area contributed by atoms with Gasteiger partial charge in [0.05, 0.1) is 17.6 Å². The molecular formula is C23H21FN4O2S. The van der Waals surface area contributed by atoms with Crippen LogP contribution in [0, 0.1) is 12.7 Å². The van der Waals surface area contributed by atoms with E-state index in [1.54, 1.807) is 30.3 Å². The van der Waals surface area contributed by atoms with Crippen molar-refractivity contribution in [1.82, 2.24) is 19.7 Å². The maximum atomic E-state index is 13.1. The Morgan fingerprint density at radius 1 is 1.10 bits per heavy atom. The van der Waals surface area contributed by atoms with Gasteiger partial charge in [-0.15, -0.1) is 10.2 Å². The van der Waals surface area contributed by atoms with Gasteiger partial charge in [-0.25, -0.2) is 4.39 Å². The molecule has 8 heteroatoms. The molecule has 0 bridgehead atoms. The normalized spacial score (nSPS) is 10.9. The van der Waals surface area contributed by atoms with Crippen LogP contribution >= 0.6 is 11.8 Å². The molecule has 158 valence electrons. The van der Waals surface area contributed by atoms with Crippen LogP contribution in [0.1, 0.15) is 11.3 Å². The summed E-state index contributed by atoms with van der Waals surface area (Å²) in [4.78, 5) is 14.3. The second-order valence-electron chi connectivity index (χ2n) is 7.03. The highest BCUT2D eigenvalue weighted by molar-refractivity contribution is 7.99. The van der Waals surface area contributed by atoms with Crippen LogP contribution < -0.4 is 0 Å². The molecule has 0 fully saturated rings. The molecule has 0 aliphatic heterocycles. The van der Waals surface area contributed by atoms with E-state index in [-0.39, 0.29) is 17.5 Å². The second-order valence-corrected chi connectivity index (χ2v) is 7.98. The van der Waals surface area contributed by atoms with Crippen molar-refractivity contribution in [2.45, 2.75) is 18.6 Å². The summed E-state index contributed by atoms with van der Waals surface area (Å²) in [6.45, 7) is 2.28. The van der Waals surface area contributed by atoms with Gasteiger partial charge in [-0.1, -0.05) is 42.1 Å². The fraction of sp³-hybridized carbons (Fsp3) is 0.174. The smallest absolute Gasteiger partial charge is 0.233 e. The standard InChI is InChI=1S/C23H21FN4O2S/c1-16-20(12-13-30-16)22-25-26-23(28(22)19-6-4-3-5-7-19)31-15-21(29)27(2)14-17-8-10-18(24)11-9-17/h3-13H,14-15H2,1-2H3. The van der Waals surface area contributed by atoms with Crippen LogP contribution in [-0.2, 0) is 11.3 Å². The number of benzene rings is 2. The molecule has 0 saturated heterocycles. The Hall–Kier alpha value is -3.39. The highest BCUT2D eigenvalue weighted by atomic mass is 32.2. The first-order valence-corrected chi connectivity index (χ1v) is 10.7. The first-order valence-electron chi connectivity index (χ1n) is 9.69. The van der Waals surface area contributed by atoms with E-state index in [9.17, 15) is 9.18 Å². The van der Waals surface area contributed by atoms with Crippen LogP contribution in [0.5, 0.6) is 0 Å². The number of nitrogens with zero attached hydrogens (tertiary/aromatic N) is 4. The number of aryl methyl sites for hydroxylation is 1. The third-order valence-corrected chi connectivity index (χ3v) is 5.74. The molecule has 0 saturated carbocycles. The van der Waals surface area contributed by atoms with Crippen LogP contribution in [0.15, 0.2) is 76.5 Å². The lowest BCUT2D eigenvalue weighted by atomic mass is 10.2. The van der Waals surface area contributed by atoms with Gasteiger partial charge in [0.2, 0.25) is 5.91 Å². The lowest BCUT2D eigenvalue weighted by Gasteiger charge is -2.17. The average molecular weight is 437 g/mol. The summed E-state index contributed by atoms with van der Waals surface area (Å²) in [5, 5.41) is 9.32. The minimum absolute atomic E-state index is 0.0574. The van der Waals surface area contributed by atoms with Gasteiger partial charge in [0.15, 0.2) is 11.0 Å². The molecule has 0 atom stereocenters. The number of furan rings is 1. The van der Waals surface area contributed by atoms with Crippen molar-refractivity contribution in [2.24, 2.45) is 0 Å². The Balaban J connectivity index is 1.53. The minimum atomic E-state index is -0.294. The highest BCUT2D eigenvalue weighted by Gasteiger charge is 2.20. The Morgan fingerprint density at radius 2 is 1.84 bits per heavy atom. The average Bonchev–Trinajstić information content (AvgIpc) is 3.39. The lowest BCUT2D eigenvalue weighted by Crippen LogP contribution is -2.27. The van der Waals surface area contributed by atoms with Crippen molar-refractivity contribution in [1.29, 1.82) is 0 Å². The van der Waals surface area contributed by atoms with Crippen molar-refractivity contribution in [3.8, 4) is 17.1 Å². The monoisotopic (exact) mass is 436 g/mol. The third kappa shape index (κ3) is 4.69. The van der Waals surface area contributed by atoms with Crippen LogP contribution in [0.25, 0.3) is 17.1 Å². The second kappa shape index (κ2) is 9.18. The number of rotatable bonds is 7. The van der Waals surface area contributed by atoms with E-state index in [4.69, 9.17) is 4.42 Å². The summed E-state index contributed by atoms with van der Waals surface area (Å²) in [5.41, 5.74) is 2.62. The van der Waals surface area contributed by atoms with Gasteiger partial charge in [-0.3, -0.25) is 9.36 Å². The topological polar surface area (TPSA) is 64.2 Å². The summed E-state index contributed by atoms with van der Waals surface area (Å²) < 4.78 is 20.5. The zero-order chi connectivity index (χ0) is 21.8. The summed E-state index contributed by atoms with van der Waals surface area (Å²) in [5.74, 6) is 1.26. The Bertz CT molecular complexity index is 1170. The molecule has 4 rings (SSSR count). The maximum absolute atomic E-state index is 13.1. The molecular weight excluding hydrogens is 415 g/mol. The molecule has 0 N–H and O–H groups in total. The number of carbonyl (C=O) groups is 1. The Labute approximate surface area is 183 Å². The minimum Gasteiger partial charge on any atom is -0.469 e. The molecule has 31 heavy (non-hydrogen) atoms. The van der Waals surface area contributed by atoms with Crippen LogP contribution in [0.2, 0.25) is 0 Å². The number of halogens is 1. The zero-order valence-electron chi connectivity index (χ0n) is 17.2.